The molecule has 0 saturated carbocycles. The summed E-state index contributed by atoms with van der Waals surface area (Å²) in [6.07, 6.45) is 20.9. The Balaban J connectivity index is 3.22. The molecule has 0 saturated heterocycles. The zero-order valence-electron chi connectivity index (χ0n) is 14.0. The Hall–Kier alpha value is -1.05. The molecule has 2 nitrogen and oxygen atoms in total. The first kappa shape index (κ1) is 19.9. The third-order valence-electron chi connectivity index (χ3n) is 3.50. The lowest BCUT2D eigenvalue weighted by molar-refractivity contribution is -0.137. The van der Waals surface area contributed by atoms with E-state index in [1.165, 1.54) is 38.5 Å². The summed E-state index contributed by atoms with van der Waals surface area (Å²) in [6, 6.07) is 0. The topological polar surface area (TPSA) is 37.3 Å². The van der Waals surface area contributed by atoms with Gasteiger partial charge in [-0.25, -0.2) is 0 Å². The first-order valence-corrected chi connectivity index (χ1v) is 8.64. The quantitative estimate of drug-likeness (QED) is 0.309. The molecule has 0 rings (SSSR count). The third-order valence-corrected chi connectivity index (χ3v) is 3.50. The molecule has 0 aromatic rings. The lowest BCUT2D eigenvalue weighted by Crippen LogP contribution is -1.92. The zero-order valence-corrected chi connectivity index (χ0v) is 14.0. The maximum Gasteiger partial charge on any atom is 0.303 e. The summed E-state index contributed by atoms with van der Waals surface area (Å²) in [5, 5.41) is 8.50. The van der Waals surface area contributed by atoms with Gasteiger partial charge in [0.05, 0.1) is 0 Å². The number of unbranched alkanes of at least 4 members (excludes halogenated alkanes) is 6. The average Bonchev–Trinajstić information content (AvgIpc) is 2.42. The largest absolute Gasteiger partial charge is 0.481 e. The molecule has 0 aliphatic heterocycles. The fourth-order valence-electron chi connectivity index (χ4n) is 2.20. The summed E-state index contributed by atoms with van der Waals surface area (Å²) in [6.45, 7) is 4.59. The van der Waals surface area contributed by atoms with Gasteiger partial charge in [-0.2, -0.15) is 0 Å². The highest BCUT2D eigenvalue weighted by Gasteiger charge is 1.94. The smallest absolute Gasteiger partial charge is 0.303 e. The van der Waals surface area contributed by atoms with Gasteiger partial charge in [-0.1, -0.05) is 63.8 Å². The molecule has 0 aromatic heterocycles. The van der Waals surface area contributed by atoms with Gasteiger partial charge in [-0.3, -0.25) is 4.79 Å². The van der Waals surface area contributed by atoms with E-state index in [9.17, 15) is 4.79 Å². The van der Waals surface area contributed by atoms with E-state index in [0.29, 0.717) is 0 Å². The van der Waals surface area contributed by atoms with Crippen molar-refractivity contribution in [3.05, 3.63) is 24.3 Å². The van der Waals surface area contributed by atoms with Gasteiger partial charge in [0.1, 0.15) is 0 Å². The van der Waals surface area contributed by atoms with E-state index in [-0.39, 0.29) is 6.42 Å². The minimum Gasteiger partial charge on any atom is -0.481 e. The van der Waals surface area contributed by atoms with Gasteiger partial charge in [0.2, 0.25) is 0 Å². The van der Waals surface area contributed by atoms with E-state index in [2.05, 4.69) is 38.2 Å². The van der Waals surface area contributed by atoms with E-state index in [4.69, 9.17) is 5.11 Å². The molecule has 0 unspecified atom stereocenters. The minimum absolute atomic E-state index is 0.279. The first-order valence-electron chi connectivity index (χ1n) is 8.64. The molecule has 0 radical (unpaired) electrons. The molecule has 0 aliphatic carbocycles. The Bertz CT molecular complexity index is 290. The Morgan fingerprint density at radius 2 is 1.33 bits per heavy atom. The van der Waals surface area contributed by atoms with Crippen LogP contribution in [0.1, 0.15) is 84.5 Å². The summed E-state index contributed by atoms with van der Waals surface area (Å²) in [4.78, 5) is 10.3. The molecule has 0 bridgehead atoms. The maximum atomic E-state index is 10.3. The van der Waals surface area contributed by atoms with Gasteiger partial charge in [-0.15, -0.1) is 0 Å². The van der Waals surface area contributed by atoms with Crippen molar-refractivity contribution in [1.82, 2.24) is 0 Å². The van der Waals surface area contributed by atoms with Crippen molar-refractivity contribution in [1.29, 1.82) is 0 Å². The SMILES string of the molecule is CC(C)CCCCCCC=CCCC=CCCCC(=O)O. The lowest BCUT2D eigenvalue weighted by Gasteiger charge is -2.03. The fourth-order valence-corrected chi connectivity index (χ4v) is 2.20. The van der Waals surface area contributed by atoms with Crippen molar-refractivity contribution in [2.45, 2.75) is 84.5 Å². The van der Waals surface area contributed by atoms with Crippen molar-refractivity contribution < 1.29 is 9.90 Å². The molecule has 0 amide bonds. The van der Waals surface area contributed by atoms with Crippen molar-refractivity contribution in [2.24, 2.45) is 5.92 Å². The number of carboxylic acid groups (broad SMARTS) is 1. The van der Waals surface area contributed by atoms with Crippen LogP contribution in [0.4, 0.5) is 0 Å². The second-order valence-electron chi connectivity index (χ2n) is 6.19. The van der Waals surface area contributed by atoms with Crippen molar-refractivity contribution in [3.63, 3.8) is 0 Å². The molecular weight excluding hydrogens is 260 g/mol. The molecule has 0 atom stereocenters. The Labute approximate surface area is 131 Å². The molecule has 0 aromatic carbocycles. The second-order valence-corrected chi connectivity index (χ2v) is 6.19. The molecular formula is C19H34O2. The van der Waals surface area contributed by atoms with Gasteiger partial charge in [-0.05, 0) is 44.4 Å². The van der Waals surface area contributed by atoms with Crippen molar-refractivity contribution in [3.8, 4) is 0 Å². The number of rotatable bonds is 14. The van der Waals surface area contributed by atoms with Gasteiger partial charge in [0.15, 0.2) is 0 Å². The Morgan fingerprint density at radius 3 is 1.90 bits per heavy atom. The molecule has 1 N–H and O–H groups in total. The molecule has 2 heteroatoms. The second kappa shape index (κ2) is 15.3. The summed E-state index contributed by atoms with van der Waals surface area (Å²) < 4.78 is 0. The van der Waals surface area contributed by atoms with E-state index in [0.717, 1.165) is 31.6 Å². The van der Waals surface area contributed by atoms with Crippen LogP contribution in [0.3, 0.4) is 0 Å². The standard InChI is InChI=1S/C19H34O2/c1-18(2)16-14-12-10-8-6-4-3-5-7-9-11-13-15-17-19(20)21/h3-4,9,11,18H,5-8,10,12-17H2,1-2H3,(H,20,21). The van der Waals surface area contributed by atoms with E-state index in [1.54, 1.807) is 0 Å². The number of allylic oxidation sites excluding steroid dienone is 4. The summed E-state index contributed by atoms with van der Waals surface area (Å²) in [7, 11) is 0. The maximum absolute atomic E-state index is 10.3. The van der Waals surface area contributed by atoms with Crippen LogP contribution in [-0.4, -0.2) is 11.1 Å². The van der Waals surface area contributed by atoms with Gasteiger partial charge in [0, 0.05) is 6.42 Å². The van der Waals surface area contributed by atoms with Crippen molar-refractivity contribution in [2.75, 3.05) is 0 Å². The van der Waals surface area contributed by atoms with Crippen LogP contribution in [0.25, 0.3) is 0 Å². The Kier molecular flexibility index (Phi) is 14.6. The van der Waals surface area contributed by atoms with E-state index in [1.807, 2.05) is 0 Å². The van der Waals surface area contributed by atoms with Crippen LogP contribution < -0.4 is 0 Å². The summed E-state index contributed by atoms with van der Waals surface area (Å²) in [5.74, 6) is 0.151. The predicted octanol–water partition coefficient (Wildman–Crippen LogP) is 6.13. The zero-order chi connectivity index (χ0) is 15.8. The molecule has 0 spiro atoms. The highest BCUT2D eigenvalue weighted by atomic mass is 16.4. The van der Waals surface area contributed by atoms with Gasteiger partial charge >= 0.3 is 5.97 Å². The van der Waals surface area contributed by atoms with E-state index >= 15 is 0 Å². The molecule has 21 heavy (non-hydrogen) atoms. The van der Waals surface area contributed by atoms with Crippen LogP contribution in [0, 0.1) is 5.92 Å². The number of hydrogen-bond donors (Lipinski definition) is 1. The summed E-state index contributed by atoms with van der Waals surface area (Å²) >= 11 is 0. The predicted molar refractivity (Wildman–Crippen MR) is 91.5 cm³/mol. The van der Waals surface area contributed by atoms with Gasteiger partial charge < -0.3 is 5.11 Å². The molecule has 122 valence electrons. The lowest BCUT2D eigenvalue weighted by atomic mass is 10.0. The molecule has 0 fully saturated rings. The highest BCUT2D eigenvalue weighted by molar-refractivity contribution is 5.66. The normalized spacial score (nSPS) is 12.0. The van der Waals surface area contributed by atoms with Crippen LogP contribution in [-0.2, 0) is 4.79 Å². The van der Waals surface area contributed by atoms with Crippen LogP contribution >= 0.6 is 0 Å². The monoisotopic (exact) mass is 294 g/mol. The highest BCUT2D eigenvalue weighted by Crippen LogP contribution is 2.10. The number of carbonyl (C=O) groups is 1. The van der Waals surface area contributed by atoms with Crippen LogP contribution in [0.2, 0.25) is 0 Å². The Morgan fingerprint density at radius 1 is 0.810 bits per heavy atom. The third kappa shape index (κ3) is 18.9. The average molecular weight is 294 g/mol. The summed E-state index contributed by atoms with van der Waals surface area (Å²) in [5.41, 5.74) is 0. The molecule has 0 aliphatic rings. The van der Waals surface area contributed by atoms with E-state index < -0.39 is 5.97 Å². The number of carboxylic acids is 1. The number of hydrogen-bond acceptors (Lipinski definition) is 1. The molecule has 0 heterocycles. The van der Waals surface area contributed by atoms with Gasteiger partial charge in [0.25, 0.3) is 0 Å². The minimum atomic E-state index is -0.699. The fraction of sp³-hybridized carbons (Fsp3) is 0.737. The van der Waals surface area contributed by atoms with Crippen molar-refractivity contribution >= 4 is 5.97 Å². The number of aliphatic carboxylic acids is 1. The van der Waals surface area contributed by atoms with Crippen LogP contribution in [0.5, 0.6) is 0 Å². The first-order chi connectivity index (χ1) is 10.1. The van der Waals surface area contributed by atoms with Crippen LogP contribution in [0.15, 0.2) is 24.3 Å².